The van der Waals surface area contributed by atoms with Crippen LogP contribution in [-0.2, 0) is 13.5 Å². The Morgan fingerprint density at radius 2 is 1.70 bits per heavy atom. The Balaban J connectivity index is 0.00000261. The molecular weight excluding hydrogens is 360 g/mol. The zero-order valence-electron chi connectivity index (χ0n) is 16.0. The first-order valence-electron chi connectivity index (χ1n) is 8.60. The van der Waals surface area contributed by atoms with Crippen LogP contribution in [0.15, 0.2) is 42.5 Å². The van der Waals surface area contributed by atoms with E-state index in [0.717, 1.165) is 22.4 Å². The molecule has 0 unspecified atom stereocenters. The molecule has 1 aromatic heterocycles. The summed E-state index contributed by atoms with van der Waals surface area (Å²) in [5.74, 6) is 1.11. The summed E-state index contributed by atoms with van der Waals surface area (Å²) in [6.45, 7) is 5.77. The maximum atomic E-state index is 12.5. The number of amidine groups is 1. The van der Waals surface area contributed by atoms with Crippen molar-refractivity contribution in [3.8, 4) is 0 Å². The number of hydrogen-bond donors (Lipinski definition) is 2. The number of rotatable bonds is 4. The second kappa shape index (κ2) is 7.53. The van der Waals surface area contributed by atoms with E-state index >= 15 is 0 Å². The van der Waals surface area contributed by atoms with Gasteiger partial charge in [0.1, 0.15) is 11.7 Å². The Morgan fingerprint density at radius 3 is 2.26 bits per heavy atom. The molecule has 27 heavy (non-hydrogen) atoms. The highest BCUT2D eigenvalue weighted by Gasteiger charge is 2.23. The van der Waals surface area contributed by atoms with Crippen LogP contribution in [0.4, 0.5) is 0 Å². The number of carbonyl (C=O) groups is 1. The number of nitrogens with two attached hydrogens (primary N) is 1. The van der Waals surface area contributed by atoms with E-state index in [2.05, 4.69) is 4.57 Å². The zero-order valence-corrected chi connectivity index (χ0v) is 16.9. The average Bonchev–Trinajstić information content (AvgIpc) is 2.89. The summed E-state index contributed by atoms with van der Waals surface area (Å²) in [5, 5.41) is 7.47. The molecule has 0 fully saturated rings. The highest BCUT2D eigenvalue weighted by atomic mass is 35.5. The predicted molar refractivity (Wildman–Crippen MR) is 112 cm³/mol. The first kappa shape index (κ1) is 20.6. The van der Waals surface area contributed by atoms with Gasteiger partial charge < -0.3 is 10.3 Å². The van der Waals surface area contributed by atoms with Crippen molar-refractivity contribution >= 4 is 35.1 Å². The summed E-state index contributed by atoms with van der Waals surface area (Å²) in [7, 11) is 1.99. The molecule has 0 aliphatic heterocycles. The van der Waals surface area contributed by atoms with E-state index in [-0.39, 0.29) is 24.0 Å². The lowest BCUT2D eigenvalue weighted by molar-refractivity contribution is 0.0858. The number of aryl methyl sites for hydroxylation is 1. The normalized spacial score (nSPS) is 11.3. The predicted octanol–water partition coefficient (Wildman–Crippen LogP) is 4.10. The molecule has 0 atom stereocenters. The van der Waals surface area contributed by atoms with Gasteiger partial charge in [-0.1, -0.05) is 45.0 Å². The number of nitrogens with one attached hydrogen (secondary N) is 1. The number of fused-ring (bicyclic) bond motifs is 1. The second-order valence-corrected chi connectivity index (χ2v) is 7.66. The van der Waals surface area contributed by atoms with Crippen molar-refractivity contribution in [2.75, 3.05) is 0 Å². The Kier molecular flexibility index (Phi) is 5.76. The first-order chi connectivity index (χ1) is 12.2. The minimum atomic E-state index is -0.413. The number of nitrogens with zero attached hydrogens (tertiary/aromatic N) is 2. The number of nitrogen functional groups attached to an aromatic ring is 1. The maximum absolute atomic E-state index is 12.5. The van der Waals surface area contributed by atoms with E-state index < -0.39 is 5.41 Å². The molecule has 0 amide bonds. The van der Waals surface area contributed by atoms with Crippen molar-refractivity contribution in [2.24, 2.45) is 18.2 Å². The van der Waals surface area contributed by atoms with Crippen molar-refractivity contribution in [1.29, 1.82) is 5.41 Å². The molecule has 0 radical (unpaired) electrons. The Bertz CT molecular complexity index is 997. The van der Waals surface area contributed by atoms with Crippen molar-refractivity contribution in [3.05, 3.63) is 65.0 Å². The monoisotopic (exact) mass is 384 g/mol. The van der Waals surface area contributed by atoms with Crippen LogP contribution in [-0.4, -0.2) is 21.2 Å². The van der Waals surface area contributed by atoms with Crippen LogP contribution < -0.4 is 5.73 Å². The minimum absolute atomic E-state index is 0. The van der Waals surface area contributed by atoms with Crippen molar-refractivity contribution in [1.82, 2.24) is 9.55 Å². The lowest BCUT2D eigenvalue weighted by Gasteiger charge is -2.16. The van der Waals surface area contributed by atoms with Gasteiger partial charge in [-0.2, -0.15) is 0 Å². The highest BCUT2D eigenvalue weighted by Crippen LogP contribution is 2.24. The molecule has 2 aromatic carbocycles. The molecule has 0 spiro atoms. The number of carbonyl (C=O) groups excluding carboxylic acids is 1. The van der Waals surface area contributed by atoms with E-state index in [9.17, 15) is 4.79 Å². The summed E-state index contributed by atoms with van der Waals surface area (Å²) in [6, 6.07) is 13.3. The molecule has 3 N–H and O–H groups in total. The van der Waals surface area contributed by atoms with Gasteiger partial charge in [-0.25, -0.2) is 4.98 Å². The molecule has 6 heteroatoms. The Labute approximate surface area is 165 Å². The molecule has 3 rings (SSSR count). The van der Waals surface area contributed by atoms with Gasteiger partial charge in [-0.05, 0) is 23.8 Å². The van der Waals surface area contributed by atoms with E-state index in [0.29, 0.717) is 17.5 Å². The number of ketones is 1. The topological polar surface area (TPSA) is 84.8 Å². The standard InChI is InChI=1S/C21H24N4O.ClH/c1-21(2,3)19(26)15-9-10-17-16(12-15)24-18(25(17)4)11-13-5-7-14(8-6-13)20(22)23;/h5-10,12H,11H2,1-4H3,(H3,22,23);1H. The lowest BCUT2D eigenvalue weighted by atomic mass is 9.86. The number of aromatic nitrogens is 2. The van der Waals surface area contributed by atoms with Crippen LogP contribution in [0.3, 0.4) is 0 Å². The number of Topliss-reactive ketones (excluding diaryl/α,β-unsaturated/α-hetero) is 1. The molecule has 0 saturated heterocycles. The summed E-state index contributed by atoms with van der Waals surface area (Å²) in [6.07, 6.45) is 0.673. The third-order valence-corrected chi connectivity index (χ3v) is 4.54. The Hall–Kier alpha value is -2.66. The molecule has 0 saturated carbocycles. The van der Waals surface area contributed by atoms with Gasteiger partial charge >= 0.3 is 0 Å². The lowest BCUT2D eigenvalue weighted by Crippen LogP contribution is -2.20. The van der Waals surface area contributed by atoms with Gasteiger partial charge in [0.05, 0.1) is 11.0 Å². The zero-order chi connectivity index (χ0) is 19.1. The molecular formula is C21H25ClN4O. The van der Waals surface area contributed by atoms with Crippen molar-refractivity contribution < 1.29 is 4.79 Å². The molecule has 0 aliphatic carbocycles. The summed E-state index contributed by atoms with van der Waals surface area (Å²) in [5.41, 5.74) is 9.43. The molecule has 142 valence electrons. The molecule has 5 nitrogen and oxygen atoms in total. The highest BCUT2D eigenvalue weighted by molar-refractivity contribution is 6.02. The van der Waals surface area contributed by atoms with Crippen molar-refractivity contribution in [2.45, 2.75) is 27.2 Å². The van der Waals surface area contributed by atoms with Gasteiger partial charge in [0.15, 0.2) is 5.78 Å². The smallest absolute Gasteiger partial charge is 0.168 e. The van der Waals surface area contributed by atoms with Crippen LogP contribution in [0.1, 0.15) is 48.1 Å². The molecule has 1 heterocycles. The molecule has 0 bridgehead atoms. The van der Waals surface area contributed by atoms with E-state index in [1.165, 1.54) is 0 Å². The van der Waals surface area contributed by atoms with Crippen LogP contribution in [0, 0.1) is 10.8 Å². The molecule has 0 aliphatic rings. The van der Waals surface area contributed by atoms with Crippen LogP contribution in [0.5, 0.6) is 0 Å². The first-order valence-corrected chi connectivity index (χ1v) is 8.60. The van der Waals surface area contributed by atoms with E-state index in [4.69, 9.17) is 16.1 Å². The van der Waals surface area contributed by atoms with Crippen molar-refractivity contribution in [3.63, 3.8) is 0 Å². The fourth-order valence-corrected chi connectivity index (χ4v) is 2.97. The largest absolute Gasteiger partial charge is 0.384 e. The van der Waals surface area contributed by atoms with Gasteiger partial charge in [0.2, 0.25) is 0 Å². The van der Waals surface area contributed by atoms with Gasteiger partial charge in [0, 0.05) is 30.0 Å². The summed E-state index contributed by atoms with van der Waals surface area (Å²) >= 11 is 0. The SMILES string of the molecule is Cl.Cn1c(Cc2ccc(C(=N)N)cc2)nc2cc(C(=O)C(C)(C)C)ccc21. The molecule has 3 aromatic rings. The number of benzene rings is 2. The maximum Gasteiger partial charge on any atom is 0.168 e. The van der Waals surface area contributed by atoms with Gasteiger partial charge in [-0.3, -0.25) is 10.2 Å². The Morgan fingerprint density at radius 1 is 1.11 bits per heavy atom. The fourth-order valence-electron chi connectivity index (χ4n) is 2.97. The van der Waals surface area contributed by atoms with Gasteiger partial charge in [-0.15, -0.1) is 12.4 Å². The number of halogens is 1. The quantitative estimate of drug-likeness (QED) is 0.403. The van der Waals surface area contributed by atoms with E-state index in [1.54, 1.807) is 0 Å². The summed E-state index contributed by atoms with van der Waals surface area (Å²) < 4.78 is 2.06. The summed E-state index contributed by atoms with van der Waals surface area (Å²) in [4.78, 5) is 17.3. The van der Waals surface area contributed by atoms with Crippen LogP contribution in [0.2, 0.25) is 0 Å². The average molecular weight is 385 g/mol. The van der Waals surface area contributed by atoms with Gasteiger partial charge in [0.25, 0.3) is 0 Å². The second-order valence-electron chi connectivity index (χ2n) is 7.66. The van der Waals surface area contributed by atoms with Crippen LogP contribution in [0.25, 0.3) is 11.0 Å². The minimum Gasteiger partial charge on any atom is -0.384 e. The number of hydrogen-bond acceptors (Lipinski definition) is 3. The third kappa shape index (κ3) is 4.19. The van der Waals surface area contributed by atoms with E-state index in [1.807, 2.05) is 70.3 Å². The van der Waals surface area contributed by atoms with Crippen LogP contribution >= 0.6 is 12.4 Å². The fraction of sp³-hybridized carbons (Fsp3) is 0.286. The third-order valence-electron chi connectivity index (χ3n) is 4.54. The number of imidazole rings is 1.